The molecular formula is C12H12ClN. The molecule has 2 rings (SSSR count). The Morgan fingerprint density at radius 3 is 2.86 bits per heavy atom. The van der Waals surface area contributed by atoms with Crippen molar-refractivity contribution in [2.24, 2.45) is 0 Å². The van der Waals surface area contributed by atoms with Gasteiger partial charge in [0.1, 0.15) is 0 Å². The summed E-state index contributed by atoms with van der Waals surface area (Å²) < 4.78 is 0. The van der Waals surface area contributed by atoms with Crippen molar-refractivity contribution in [1.82, 2.24) is 4.98 Å². The summed E-state index contributed by atoms with van der Waals surface area (Å²) in [5, 5.41) is 1.85. The molecular weight excluding hydrogens is 194 g/mol. The van der Waals surface area contributed by atoms with Crippen LogP contribution in [0.1, 0.15) is 18.2 Å². The van der Waals surface area contributed by atoms with Gasteiger partial charge in [-0.25, -0.2) is 0 Å². The third kappa shape index (κ3) is 1.48. The lowest BCUT2D eigenvalue weighted by Gasteiger charge is -2.05. The van der Waals surface area contributed by atoms with E-state index in [1.54, 1.807) is 0 Å². The molecule has 1 aromatic heterocycles. The first kappa shape index (κ1) is 9.47. The summed E-state index contributed by atoms with van der Waals surface area (Å²) in [6, 6.07) is 8.03. The molecule has 0 aliphatic rings. The highest BCUT2D eigenvalue weighted by molar-refractivity contribution is 6.35. The van der Waals surface area contributed by atoms with Gasteiger partial charge in [0.25, 0.3) is 0 Å². The second-order valence-electron chi connectivity index (χ2n) is 3.42. The average molecular weight is 206 g/mol. The average Bonchev–Trinajstić information content (AvgIpc) is 2.19. The van der Waals surface area contributed by atoms with Crippen molar-refractivity contribution in [3.63, 3.8) is 0 Å². The zero-order valence-corrected chi connectivity index (χ0v) is 9.10. The summed E-state index contributed by atoms with van der Waals surface area (Å²) in [5.74, 6) is 0. The lowest BCUT2D eigenvalue weighted by molar-refractivity contribution is 1.05. The van der Waals surface area contributed by atoms with Gasteiger partial charge >= 0.3 is 0 Å². The lowest BCUT2D eigenvalue weighted by Crippen LogP contribution is -1.90. The first-order chi connectivity index (χ1) is 6.72. The first-order valence-electron chi connectivity index (χ1n) is 4.77. The number of pyridine rings is 1. The fourth-order valence-corrected chi connectivity index (χ4v) is 1.86. The SMILES string of the molecule is CCc1cc(Cl)c2cccc(C)c2n1. The van der Waals surface area contributed by atoms with E-state index in [-0.39, 0.29) is 0 Å². The number of aryl methyl sites for hydroxylation is 2. The minimum atomic E-state index is 0.801. The quantitative estimate of drug-likeness (QED) is 0.691. The summed E-state index contributed by atoms with van der Waals surface area (Å²) >= 11 is 6.17. The summed E-state index contributed by atoms with van der Waals surface area (Å²) in [7, 11) is 0. The highest BCUT2D eigenvalue weighted by atomic mass is 35.5. The first-order valence-corrected chi connectivity index (χ1v) is 5.15. The minimum Gasteiger partial charge on any atom is -0.252 e. The Balaban J connectivity index is 2.83. The normalized spacial score (nSPS) is 10.8. The number of aromatic nitrogens is 1. The van der Waals surface area contributed by atoms with Crippen molar-refractivity contribution < 1.29 is 0 Å². The smallest absolute Gasteiger partial charge is 0.0749 e. The maximum Gasteiger partial charge on any atom is 0.0749 e. The van der Waals surface area contributed by atoms with Crippen LogP contribution in [-0.4, -0.2) is 4.98 Å². The zero-order valence-electron chi connectivity index (χ0n) is 8.34. The number of benzene rings is 1. The van der Waals surface area contributed by atoms with Gasteiger partial charge in [0.2, 0.25) is 0 Å². The molecule has 0 saturated carbocycles. The Hall–Kier alpha value is -1.08. The van der Waals surface area contributed by atoms with Gasteiger partial charge in [-0.15, -0.1) is 0 Å². The Kier molecular flexibility index (Phi) is 2.42. The van der Waals surface area contributed by atoms with Crippen LogP contribution >= 0.6 is 11.6 Å². The maximum absolute atomic E-state index is 6.17. The van der Waals surface area contributed by atoms with Crippen molar-refractivity contribution in [2.75, 3.05) is 0 Å². The Bertz CT molecular complexity index is 477. The van der Waals surface area contributed by atoms with Crippen molar-refractivity contribution in [3.8, 4) is 0 Å². The third-order valence-corrected chi connectivity index (χ3v) is 2.72. The van der Waals surface area contributed by atoms with Crippen LogP contribution in [0.4, 0.5) is 0 Å². The fourth-order valence-electron chi connectivity index (χ4n) is 1.58. The van der Waals surface area contributed by atoms with E-state index in [0.717, 1.165) is 28.0 Å². The van der Waals surface area contributed by atoms with E-state index in [9.17, 15) is 0 Å². The van der Waals surface area contributed by atoms with Crippen molar-refractivity contribution in [1.29, 1.82) is 0 Å². The molecule has 0 amide bonds. The Morgan fingerprint density at radius 1 is 1.36 bits per heavy atom. The predicted molar refractivity (Wildman–Crippen MR) is 60.9 cm³/mol. The second-order valence-corrected chi connectivity index (χ2v) is 3.83. The summed E-state index contributed by atoms with van der Waals surface area (Å²) in [6.07, 6.45) is 0.921. The lowest BCUT2D eigenvalue weighted by atomic mass is 10.1. The van der Waals surface area contributed by atoms with Crippen molar-refractivity contribution >= 4 is 22.5 Å². The van der Waals surface area contributed by atoms with Gasteiger partial charge in [0.15, 0.2) is 0 Å². The monoisotopic (exact) mass is 205 g/mol. The van der Waals surface area contributed by atoms with Gasteiger partial charge in [-0.1, -0.05) is 36.7 Å². The second kappa shape index (κ2) is 3.58. The molecule has 0 atom stereocenters. The molecule has 0 radical (unpaired) electrons. The largest absolute Gasteiger partial charge is 0.252 e. The van der Waals surface area contributed by atoms with Gasteiger partial charge in [0.05, 0.1) is 10.5 Å². The molecule has 2 aromatic rings. The van der Waals surface area contributed by atoms with Crippen LogP contribution in [0.25, 0.3) is 10.9 Å². The highest BCUT2D eigenvalue weighted by Gasteiger charge is 2.04. The molecule has 0 unspecified atom stereocenters. The predicted octanol–water partition coefficient (Wildman–Crippen LogP) is 3.76. The molecule has 1 nitrogen and oxygen atoms in total. The molecule has 1 heterocycles. The topological polar surface area (TPSA) is 12.9 Å². The van der Waals surface area contributed by atoms with Crippen LogP contribution < -0.4 is 0 Å². The summed E-state index contributed by atoms with van der Waals surface area (Å²) in [6.45, 7) is 4.15. The molecule has 0 fully saturated rings. The molecule has 0 bridgehead atoms. The van der Waals surface area contributed by atoms with E-state index in [0.29, 0.717) is 0 Å². The van der Waals surface area contributed by atoms with Crippen LogP contribution in [0.5, 0.6) is 0 Å². The van der Waals surface area contributed by atoms with Gasteiger partial charge in [-0.3, -0.25) is 4.98 Å². The molecule has 0 saturated heterocycles. The Morgan fingerprint density at radius 2 is 2.14 bits per heavy atom. The van der Waals surface area contributed by atoms with Crippen LogP contribution in [0, 0.1) is 6.92 Å². The minimum absolute atomic E-state index is 0.801. The van der Waals surface area contributed by atoms with Gasteiger partial charge in [0, 0.05) is 11.1 Å². The number of nitrogens with zero attached hydrogens (tertiary/aromatic N) is 1. The van der Waals surface area contributed by atoms with E-state index < -0.39 is 0 Å². The van der Waals surface area contributed by atoms with Crippen molar-refractivity contribution in [2.45, 2.75) is 20.3 Å². The van der Waals surface area contributed by atoms with Crippen LogP contribution in [0.3, 0.4) is 0 Å². The standard InChI is InChI=1S/C12H12ClN/c1-3-9-7-11(13)10-6-4-5-8(2)12(10)14-9/h4-7H,3H2,1-2H3. The third-order valence-electron chi connectivity index (χ3n) is 2.41. The van der Waals surface area contributed by atoms with E-state index >= 15 is 0 Å². The number of rotatable bonds is 1. The zero-order chi connectivity index (χ0) is 10.1. The molecule has 0 aliphatic heterocycles. The Labute approximate surface area is 88.7 Å². The summed E-state index contributed by atoms with van der Waals surface area (Å²) in [5.41, 5.74) is 3.26. The fraction of sp³-hybridized carbons (Fsp3) is 0.250. The van der Waals surface area contributed by atoms with Crippen LogP contribution in [0.15, 0.2) is 24.3 Å². The maximum atomic E-state index is 6.17. The number of fused-ring (bicyclic) bond motifs is 1. The van der Waals surface area contributed by atoms with E-state index in [2.05, 4.69) is 24.9 Å². The van der Waals surface area contributed by atoms with Gasteiger partial charge in [-0.05, 0) is 25.0 Å². The molecule has 72 valence electrons. The number of para-hydroxylation sites is 1. The number of halogens is 1. The van der Waals surface area contributed by atoms with Gasteiger partial charge < -0.3 is 0 Å². The van der Waals surface area contributed by atoms with Crippen LogP contribution in [-0.2, 0) is 6.42 Å². The number of hydrogen-bond donors (Lipinski definition) is 0. The van der Waals surface area contributed by atoms with Gasteiger partial charge in [-0.2, -0.15) is 0 Å². The van der Waals surface area contributed by atoms with E-state index in [1.807, 2.05) is 18.2 Å². The molecule has 2 heteroatoms. The molecule has 1 aromatic carbocycles. The molecule has 0 N–H and O–H groups in total. The van der Waals surface area contributed by atoms with Crippen molar-refractivity contribution in [3.05, 3.63) is 40.5 Å². The highest BCUT2D eigenvalue weighted by Crippen LogP contribution is 2.25. The van der Waals surface area contributed by atoms with E-state index in [1.165, 1.54) is 5.56 Å². The van der Waals surface area contributed by atoms with E-state index in [4.69, 9.17) is 11.6 Å². The summed E-state index contributed by atoms with van der Waals surface area (Å²) in [4.78, 5) is 4.57. The molecule has 14 heavy (non-hydrogen) atoms. The van der Waals surface area contributed by atoms with Crippen LogP contribution in [0.2, 0.25) is 5.02 Å². The molecule has 0 aliphatic carbocycles. The molecule has 0 spiro atoms. The number of hydrogen-bond acceptors (Lipinski definition) is 1.